The van der Waals surface area contributed by atoms with Crippen molar-refractivity contribution in [1.82, 2.24) is 38.2 Å². The Kier molecular flexibility index (Phi) is 15.0. The highest BCUT2D eigenvalue weighted by Crippen LogP contribution is 2.50. The third kappa shape index (κ3) is 10.5. The van der Waals surface area contributed by atoms with Gasteiger partial charge in [0, 0.05) is 98.9 Å². The van der Waals surface area contributed by atoms with Crippen LogP contribution in [0.15, 0.2) is 413 Å². The molecule has 556 valence electrons. The van der Waals surface area contributed by atoms with E-state index >= 15 is 0 Å². The van der Waals surface area contributed by atoms with E-state index in [1.807, 2.05) is 0 Å². The Balaban J connectivity index is 0.000000133. The highest BCUT2D eigenvalue weighted by atomic mass is 15.0. The van der Waals surface area contributed by atoms with Gasteiger partial charge in [0.2, 0.25) is 0 Å². The first kappa shape index (κ1) is 67.2. The van der Waals surface area contributed by atoms with E-state index in [4.69, 9.17) is 19.9 Å². The van der Waals surface area contributed by atoms with Gasteiger partial charge in [-0.05, 0) is 200 Å². The van der Waals surface area contributed by atoms with Gasteiger partial charge in [0.15, 0.2) is 11.6 Å². The molecule has 0 spiro atoms. The zero-order chi connectivity index (χ0) is 78.6. The second kappa shape index (κ2) is 26.7. The van der Waals surface area contributed by atoms with Crippen molar-refractivity contribution in [2.24, 2.45) is 0 Å². The molecule has 0 saturated carbocycles. The van der Waals surface area contributed by atoms with E-state index < -0.39 is 0 Å². The van der Waals surface area contributed by atoms with Crippen LogP contribution in [0.5, 0.6) is 0 Å². The summed E-state index contributed by atoms with van der Waals surface area (Å²) >= 11 is 0. The summed E-state index contributed by atoms with van der Waals surface area (Å²) in [6.07, 6.45) is 0. The highest BCUT2D eigenvalue weighted by Gasteiger charge is 2.28. The van der Waals surface area contributed by atoms with Gasteiger partial charge in [0.1, 0.15) is 0 Å². The van der Waals surface area contributed by atoms with Crippen LogP contribution < -0.4 is 0 Å². The second-order valence-electron chi connectivity index (χ2n) is 31.6. The Morgan fingerprint density at radius 3 is 0.808 bits per heavy atom. The van der Waals surface area contributed by atoms with Crippen LogP contribution >= 0.6 is 0 Å². The van der Waals surface area contributed by atoms with Crippen LogP contribution in [0.25, 0.3) is 244 Å². The van der Waals surface area contributed by atoms with Gasteiger partial charge in [-0.1, -0.05) is 279 Å². The topological polar surface area (TPSA) is 71.3 Å². The van der Waals surface area contributed by atoms with Crippen LogP contribution in [0.3, 0.4) is 0 Å². The summed E-state index contributed by atoms with van der Waals surface area (Å²) in [4.78, 5) is 20.7. The number of benzene rings is 18. The minimum Gasteiger partial charge on any atom is -0.309 e. The van der Waals surface area contributed by atoms with Gasteiger partial charge < -0.3 is 18.3 Å². The molecule has 0 unspecified atom stereocenters. The van der Waals surface area contributed by atoms with Crippen molar-refractivity contribution in [3.63, 3.8) is 0 Å². The lowest BCUT2D eigenvalue weighted by molar-refractivity contribution is 1.17. The first-order valence-corrected chi connectivity index (χ1v) is 41.0. The highest BCUT2D eigenvalue weighted by molar-refractivity contribution is 6.18. The molecule has 6 aromatic heterocycles. The Hall–Kier alpha value is -16.2. The fourth-order valence-corrected chi connectivity index (χ4v) is 19.5. The van der Waals surface area contributed by atoms with Crippen molar-refractivity contribution in [1.29, 1.82) is 0 Å². The van der Waals surface area contributed by atoms with Crippen molar-refractivity contribution >= 4 is 109 Å². The molecule has 2 aliphatic carbocycles. The summed E-state index contributed by atoms with van der Waals surface area (Å²) in [5.41, 5.74) is 36.6. The molecule has 8 heteroatoms. The van der Waals surface area contributed by atoms with Gasteiger partial charge in [0.25, 0.3) is 0 Å². The summed E-state index contributed by atoms with van der Waals surface area (Å²) < 4.78 is 9.55. The summed E-state index contributed by atoms with van der Waals surface area (Å²) in [7, 11) is 0. The maximum Gasteiger partial charge on any atom is 0.160 e. The third-order valence-corrected chi connectivity index (χ3v) is 24.9. The largest absolute Gasteiger partial charge is 0.309 e. The maximum atomic E-state index is 5.23. The molecule has 0 saturated heterocycles. The van der Waals surface area contributed by atoms with Crippen LogP contribution in [0.2, 0.25) is 0 Å². The van der Waals surface area contributed by atoms with Crippen molar-refractivity contribution in [3.8, 4) is 135 Å². The fourth-order valence-electron chi connectivity index (χ4n) is 19.5. The minimum absolute atomic E-state index is 0.733. The molecule has 8 nitrogen and oxygen atoms in total. The summed E-state index contributed by atoms with van der Waals surface area (Å²) in [5.74, 6) is 1.47. The van der Waals surface area contributed by atoms with E-state index in [-0.39, 0.29) is 0 Å². The smallest absolute Gasteiger partial charge is 0.160 e. The summed E-state index contributed by atoms with van der Waals surface area (Å²) in [5, 5.41) is 12.1. The van der Waals surface area contributed by atoms with E-state index in [2.05, 4.69) is 431 Å². The first-order chi connectivity index (χ1) is 59.5. The molecule has 0 fully saturated rings. The normalized spacial score (nSPS) is 12.0. The number of fused-ring (bicyclic) bond motifs is 18. The Bertz CT molecular complexity index is 8410. The molecule has 0 N–H and O–H groups in total. The molecule has 24 aromatic rings. The average molecular weight is 1530 g/mol. The van der Waals surface area contributed by atoms with Crippen LogP contribution in [0.1, 0.15) is 0 Å². The van der Waals surface area contributed by atoms with Crippen LogP contribution in [0, 0.1) is 0 Å². The minimum atomic E-state index is 0.733. The summed E-state index contributed by atoms with van der Waals surface area (Å²) in [6, 6.07) is 149. The number of rotatable bonds is 10. The molecular weight excluding hydrogens is 1460 g/mol. The Labute approximate surface area is 690 Å². The molecule has 0 atom stereocenters. The van der Waals surface area contributed by atoms with E-state index in [0.717, 1.165) is 101 Å². The number of para-hydroxylation sites is 4. The molecule has 18 aromatic carbocycles. The Morgan fingerprint density at radius 1 is 0.150 bits per heavy atom. The molecule has 26 rings (SSSR count). The lowest BCUT2D eigenvalue weighted by Gasteiger charge is -2.11. The fraction of sp³-hybridized carbons (Fsp3) is 0. The van der Waals surface area contributed by atoms with Crippen molar-refractivity contribution in [2.45, 2.75) is 0 Å². The van der Waals surface area contributed by atoms with Crippen molar-refractivity contribution in [2.75, 3.05) is 0 Å². The van der Waals surface area contributed by atoms with Gasteiger partial charge in [0.05, 0.1) is 66.6 Å². The molecule has 0 amide bonds. The second-order valence-corrected chi connectivity index (χ2v) is 31.6. The number of aromatic nitrogens is 8. The van der Waals surface area contributed by atoms with Crippen LogP contribution in [0.4, 0.5) is 0 Å². The zero-order valence-corrected chi connectivity index (χ0v) is 64.8. The molecule has 0 radical (unpaired) electrons. The van der Waals surface area contributed by atoms with Gasteiger partial charge in [-0.2, -0.15) is 0 Å². The third-order valence-electron chi connectivity index (χ3n) is 24.9. The maximum absolute atomic E-state index is 5.23. The molecule has 2 aliphatic rings. The monoisotopic (exact) mass is 1520 g/mol. The standard InChI is InChI=1S/2C56H34N4/c1-2-13-35(14-3-1)36-15-10-17-40(31-36)59-50-25-8-6-20-43(50)47-33-37(27-29-52(47)59)38-28-30-53-48(34-38)44-21-7-9-26-51(44)60(53)41-18-11-16-39(32-41)56-57-49-24-12-23-45-42-19-4-5-22-46(42)55(58-56)54(45)49;1-2-12-35(13-3-1)36-24-28-40(29-25-36)59-50-22-8-6-17-43(50)47-33-37(26-30-52(47)59)38-27-31-53-48(34-38)44-18-7-9-23-51(44)60(53)41-15-10-14-39(32-41)56-57-49-21-11-20-45-42-16-4-5-19-46(42)55(58-56)54(45)49/h2*1-34H. The van der Waals surface area contributed by atoms with Crippen molar-refractivity contribution < 1.29 is 0 Å². The van der Waals surface area contributed by atoms with Gasteiger partial charge in [-0.15, -0.1) is 0 Å². The van der Waals surface area contributed by atoms with E-state index in [1.54, 1.807) is 0 Å². The molecule has 0 bridgehead atoms. The number of hydrogen-bond acceptors (Lipinski definition) is 4. The molecule has 6 heterocycles. The van der Waals surface area contributed by atoms with Gasteiger partial charge in [-0.3, -0.25) is 0 Å². The van der Waals surface area contributed by atoms with E-state index in [1.165, 1.54) is 143 Å². The van der Waals surface area contributed by atoms with E-state index in [0.29, 0.717) is 0 Å². The summed E-state index contributed by atoms with van der Waals surface area (Å²) in [6.45, 7) is 0. The van der Waals surface area contributed by atoms with Gasteiger partial charge in [-0.25, -0.2) is 19.9 Å². The SMILES string of the molecule is c1ccc(-c2ccc(-n3c4ccccc4c4cc(-c5ccc6c(c5)c5ccccc5n6-c5cccc(-c6nc7c8c(cccc8n6)-c6ccccc6-7)c5)ccc43)cc2)cc1.c1ccc(-c2cccc(-n3c4ccccc4c4cc(-c5ccc6c(c5)c5ccccc5n6-c5cccc(-c6nc7c8c(cccc8n6)-c6ccccc6-7)c5)ccc43)c2)cc1. The van der Waals surface area contributed by atoms with E-state index in [9.17, 15) is 0 Å². The zero-order valence-electron chi connectivity index (χ0n) is 64.8. The number of hydrogen-bond donors (Lipinski definition) is 0. The lowest BCUT2D eigenvalue weighted by Crippen LogP contribution is -1.97. The molecule has 120 heavy (non-hydrogen) atoms. The van der Waals surface area contributed by atoms with Crippen molar-refractivity contribution in [3.05, 3.63) is 413 Å². The predicted octanol–water partition coefficient (Wildman–Crippen LogP) is 28.9. The quantitative estimate of drug-likeness (QED) is 0.137. The lowest BCUT2D eigenvalue weighted by atomic mass is 10.0. The first-order valence-electron chi connectivity index (χ1n) is 41.0. The van der Waals surface area contributed by atoms with Crippen LogP contribution in [-0.4, -0.2) is 38.2 Å². The van der Waals surface area contributed by atoms with Gasteiger partial charge >= 0.3 is 0 Å². The Morgan fingerprint density at radius 2 is 0.417 bits per heavy atom. The van der Waals surface area contributed by atoms with Crippen LogP contribution in [-0.2, 0) is 0 Å². The number of nitrogens with zero attached hydrogens (tertiary/aromatic N) is 8. The predicted molar refractivity (Wildman–Crippen MR) is 498 cm³/mol. The molecular formula is C112H68N8. The molecule has 0 aliphatic heterocycles. The average Bonchev–Trinajstić information content (AvgIpc) is 1.60.